The summed E-state index contributed by atoms with van der Waals surface area (Å²) in [7, 11) is 1.95. The van der Waals surface area contributed by atoms with Gasteiger partial charge in [0, 0.05) is 7.11 Å². The van der Waals surface area contributed by atoms with Crippen LogP contribution in [0.25, 0.3) is 0 Å². The van der Waals surface area contributed by atoms with Crippen molar-refractivity contribution in [1.29, 1.82) is 0 Å². The fraction of sp³-hybridized carbons (Fsp3) is 0.886. The van der Waals surface area contributed by atoms with E-state index in [9.17, 15) is 0 Å². The molecule has 0 heterocycles. The highest BCUT2D eigenvalue weighted by molar-refractivity contribution is 5.30. The van der Waals surface area contributed by atoms with Crippen LogP contribution in [0.5, 0.6) is 0 Å². The van der Waals surface area contributed by atoms with Gasteiger partial charge < -0.3 is 4.74 Å². The topological polar surface area (TPSA) is 9.23 Å². The molecular formula is C35H62O. The Morgan fingerprint density at radius 1 is 0.917 bits per heavy atom. The van der Waals surface area contributed by atoms with E-state index < -0.39 is 0 Å². The molecule has 0 saturated heterocycles. The Morgan fingerprint density at radius 3 is 2.31 bits per heavy atom. The summed E-state index contributed by atoms with van der Waals surface area (Å²) < 4.78 is 6.06. The summed E-state index contributed by atoms with van der Waals surface area (Å²) in [6.07, 6.45) is 29.0. The quantitative estimate of drug-likeness (QED) is 0.229. The van der Waals surface area contributed by atoms with Crippen LogP contribution in [-0.2, 0) is 4.74 Å². The normalized spacial score (nSPS) is 37.2. The summed E-state index contributed by atoms with van der Waals surface area (Å²) in [5, 5.41) is 0. The number of hydrogen-bond acceptors (Lipinski definition) is 1. The third-order valence-corrected chi connectivity index (χ3v) is 11.2. The Balaban J connectivity index is 2.01. The number of hydrogen-bond donors (Lipinski definition) is 0. The molecule has 3 saturated carbocycles. The molecule has 0 radical (unpaired) electrons. The molecule has 3 aliphatic rings. The Labute approximate surface area is 226 Å². The van der Waals surface area contributed by atoms with Crippen LogP contribution in [0.4, 0.5) is 0 Å². The maximum Gasteiger partial charge on any atom is 0.0611 e. The van der Waals surface area contributed by atoms with Gasteiger partial charge >= 0.3 is 0 Å². The zero-order valence-electron chi connectivity index (χ0n) is 25.5. The first-order valence-corrected chi connectivity index (χ1v) is 16.3. The third kappa shape index (κ3) is 6.18. The van der Waals surface area contributed by atoms with Crippen molar-refractivity contribution in [1.82, 2.24) is 0 Å². The fourth-order valence-corrected chi connectivity index (χ4v) is 9.59. The molecule has 208 valence electrons. The van der Waals surface area contributed by atoms with Gasteiger partial charge in [-0.3, -0.25) is 0 Å². The van der Waals surface area contributed by atoms with E-state index in [2.05, 4.69) is 53.7 Å². The number of rotatable bonds is 13. The van der Waals surface area contributed by atoms with Gasteiger partial charge in [-0.25, -0.2) is 0 Å². The molecule has 0 aliphatic heterocycles. The predicted molar refractivity (Wildman–Crippen MR) is 158 cm³/mol. The van der Waals surface area contributed by atoms with Gasteiger partial charge in [0.2, 0.25) is 0 Å². The third-order valence-electron chi connectivity index (χ3n) is 11.2. The van der Waals surface area contributed by atoms with Crippen molar-refractivity contribution in [2.24, 2.45) is 34.5 Å². The Kier molecular flexibility index (Phi) is 11.7. The molecule has 36 heavy (non-hydrogen) atoms. The van der Waals surface area contributed by atoms with Gasteiger partial charge in [0.05, 0.1) is 6.10 Å². The van der Waals surface area contributed by atoms with Gasteiger partial charge in [0.25, 0.3) is 0 Å². The average Bonchev–Trinajstić information content (AvgIpc) is 3.27. The van der Waals surface area contributed by atoms with Crippen LogP contribution in [0.3, 0.4) is 0 Å². The Bertz CT molecular complexity index is 712. The molecule has 0 aromatic carbocycles. The molecule has 6 atom stereocenters. The van der Waals surface area contributed by atoms with E-state index in [-0.39, 0.29) is 0 Å². The highest BCUT2D eigenvalue weighted by atomic mass is 16.5. The molecule has 1 nitrogen and oxygen atoms in total. The summed E-state index contributed by atoms with van der Waals surface area (Å²) in [6.45, 7) is 14.6. The van der Waals surface area contributed by atoms with Crippen LogP contribution in [-0.4, -0.2) is 13.2 Å². The predicted octanol–water partition coefficient (Wildman–Crippen LogP) is 11.1. The van der Waals surface area contributed by atoms with Gasteiger partial charge in [-0.05, 0) is 98.7 Å². The van der Waals surface area contributed by atoms with E-state index in [0.717, 1.165) is 30.1 Å². The van der Waals surface area contributed by atoms with Crippen molar-refractivity contribution in [3.63, 3.8) is 0 Å². The highest BCUT2D eigenvalue weighted by Gasteiger charge is 2.52. The average molecular weight is 499 g/mol. The van der Waals surface area contributed by atoms with Crippen LogP contribution in [0.2, 0.25) is 0 Å². The molecule has 4 unspecified atom stereocenters. The zero-order chi connectivity index (χ0) is 26.2. The number of unbranched alkanes of at least 4 members (excludes halogenated alkanes) is 3. The summed E-state index contributed by atoms with van der Waals surface area (Å²) in [5.74, 6) is 3.36. The lowest BCUT2D eigenvalue weighted by molar-refractivity contribution is 0.00967. The second-order valence-electron chi connectivity index (χ2n) is 13.4. The van der Waals surface area contributed by atoms with E-state index in [1.54, 1.807) is 5.57 Å². The van der Waals surface area contributed by atoms with Crippen LogP contribution >= 0.6 is 0 Å². The molecule has 0 aromatic heterocycles. The second kappa shape index (κ2) is 14.0. The number of ether oxygens (including phenoxy) is 1. The monoisotopic (exact) mass is 498 g/mol. The molecule has 0 aromatic rings. The van der Waals surface area contributed by atoms with Gasteiger partial charge in [-0.1, -0.05) is 110 Å². The van der Waals surface area contributed by atoms with Crippen molar-refractivity contribution in [2.45, 2.75) is 157 Å². The summed E-state index contributed by atoms with van der Waals surface area (Å²) in [6, 6.07) is 0. The highest BCUT2D eigenvalue weighted by Crippen LogP contribution is 2.62. The molecule has 3 rings (SSSR count). The van der Waals surface area contributed by atoms with Crippen molar-refractivity contribution >= 4 is 0 Å². The minimum atomic E-state index is 0.400. The maximum absolute atomic E-state index is 6.06. The lowest BCUT2D eigenvalue weighted by atomic mass is 9.56. The lowest BCUT2D eigenvalue weighted by Crippen LogP contribution is -2.41. The largest absolute Gasteiger partial charge is 0.381 e. The standard InChI is InChI=1S/C35H62O/c1-8-12-14-23-34(22-13-9-2)29(11-4)25-31(36-7)26-30(34)18-17-28-16-15-24-35(21-10-3)32(27(5)6)19-20-33(28)35/h17-18,27,29,31-33H,8-16,19-26H2,1-7H3/b28-17+,30-18-/t29-,31-,32?,33?,34?,35?/m0/s1. The SMILES string of the molecule is CCCCCC1(CCCC)/C(=C\C=C2/CCCC3(CCC)C2CCC3C(C)C)C[C@@H](OC)C[C@@H]1CC. The van der Waals surface area contributed by atoms with Crippen LogP contribution in [0, 0.1) is 34.5 Å². The van der Waals surface area contributed by atoms with E-state index in [1.807, 2.05) is 12.7 Å². The van der Waals surface area contributed by atoms with E-state index in [4.69, 9.17) is 4.74 Å². The van der Waals surface area contributed by atoms with Crippen molar-refractivity contribution in [2.75, 3.05) is 7.11 Å². The van der Waals surface area contributed by atoms with E-state index in [1.165, 1.54) is 103 Å². The van der Waals surface area contributed by atoms with Crippen molar-refractivity contribution in [3.8, 4) is 0 Å². The maximum atomic E-state index is 6.06. The molecule has 3 fully saturated rings. The molecule has 0 N–H and O–H groups in total. The smallest absolute Gasteiger partial charge is 0.0611 e. The van der Waals surface area contributed by atoms with Gasteiger partial charge in [0.1, 0.15) is 0 Å². The molecule has 3 aliphatic carbocycles. The first kappa shape index (κ1) is 30.0. The number of allylic oxidation sites excluding steroid dienone is 3. The van der Waals surface area contributed by atoms with Crippen LogP contribution in [0.1, 0.15) is 151 Å². The van der Waals surface area contributed by atoms with Crippen LogP contribution in [0.15, 0.2) is 23.3 Å². The summed E-state index contributed by atoms with van der Waals surface area (Å²) >= 11 is 0. The Hall–Kier alpha value is -0.560. The fourth-order valence-electron chi connectivity index (χ4n) is 9.59. The van der Waals surface area contributed by atoms with Crippen LogP contribution < -0.4 is 0 Å². The van der Waals surface area contributed by atoms with Gasteiger partial charge in [0.15, 0.2) is 0 Å². The molecule has 0 spiro atoms. The summed E-state index contributed by atoms with van der Waals surface area (Å²) in [4.78, 5) is 0. The van der Waals surface area contributed by atoms with Crippen molar-refractivity contribution < 1.29 is 4.74 Å². The minimum absolute atomic E-state index is 0.400. The van der Waals surface area contributed by atoms with E-state index in [0.29, 0.717) is 16.9 Å². The lowest BCUT2D eigenvalue weighted by Gasteiger charge is -2.49. The first-order valence-electron chi connectivity index (χ1n) is 16.3. The van der Waals surface area contributed by atoms with Gasteiger partial charge in [-0.2, -0.15) is 0 Å². The second-order valence-corrected chi connectivity index (χ2v) is 13.4. The van der Waals surface area contributed by atoms with Crippen molar-refractivity contribution in [3.05, 3.63) is 23.3 Å². The number of fused-ring (bicyclic) bond motifs is 1. The zero-order valence-corrected chi connectivity index (χ0v) is 25.5. The molecular weight excluding hydrogens is 436 g/mol. The van der Waals surface area contributed by atoms with Gasteiger partial charge in [-0.15, -0.1) is 0 Å². The number of methoxy groups -OCH3 is 1. The first-order chi connectivity index (χ1) is 17.4. The Morgan fingerprint density at radius 2 is 1.67 bits per heavy atom. The minimum Gasteiger partial charge on any atom is -0.381 e. The molecule has 0 bridgehead atoms. The van der Waals surface area contributed by atoms with E-state index >= 15 is 0 Å². The molecule has 1 heteroatoms. The summed E-state index contributed by atoms with van der Waals surface area (Å²) in [5.41, 5.74) is 4.56. The molecule has 0 amide bonds.